The third-order valence-electron chi connectivity index (χ3n) is 1.95. The van der Waals surface area contributed by atoms with Gasteiger partial charge in [0.05, 0.1) is 11.5 Å². The molecule has 0 radical (unpaired) electrons. The van der Waals surface area contributed by atoms with E-state index in [9.17, 15) is 12.8 Å². The number of ether oxygens (including phenoxy) is 1. The van der Waals surface area contributed by atoms with Crippen LogP contribution >= 0.6 is 0 Å². The maximum absolute atomic E-state index is 13.4. The molecule has 6 heteroatoms. The van der Waals surface area contributed by atoms with Crippen LogP contribution in [0.3, 0.4) is 0 Å². The van der Waals surface area contributed by atoms with Gasteiger partial charge in [-0.15, -0.1) is 12.3 Å². The molecule has 0 saturated carbocycles. The SMILES string of the molecule is C#CCCCOc1ccc(S(N)(=O)=O)cc1F. The van der Waals surface area contributed by atoms with E-state index in [1.165, 1.54) is 12.1 Å². The molecule has 1 rings (SSSR count). The first-order valence-electron chi connectivity index (χ1n) is 4.84. The topological polar surface area (TPSA) is 69.4 Å². The minimum absolute atomic E-state index is 0.0191. The highest BCUT2D eigenvalue weighted by Gasteiger charge is 2.11. The van der Waals surface area contributed by atoms with Crippen molar-refractivity contribution in [3.05, 3.63) is 24.0 Å². The Morgan fingerprint density at radius 2 is 2.18 bits per heavy atom. The molecule has 0 spiro atoms. The van der Waals surface area contributed by atoms with Crippen LogP contribution in [0.1, 0.15) is 12.8 Å². The summed E-state index contributed by atoms with van der Waals surface area (Å²) in [5, 5.41) is 4.86. The Hall–Kier alpha value is -1.58. The van der Waals surface area contributed by atoms with Crippen molar-refractivity contribution < 1.29 is 17.5 Å². The summed E-state index contributed by atoms with van der Waals surface area (Å²) in [6.45, 7) is 0.274. The van der Waals surface area contributed by atoms with Gasteiger partial charge in [-0.25, -0.2) is 17.9 Å². The van der Waals surface area contributed by atoms with E-state index in [2.05, 4.69) is 5.92 Å². The molecule has 0 aromatic heterocycles. The summed E-state index contributed by atoms with van der Waals surface area (Å²) in [5.41, 5.74) is 0. The average molecular weight is 257 g/mol. The van der Waals surface area contributed by atoms with Gasteiger partial charge in [0.2, 0.25) is 10.0 Å². The Kier molecular flexibility index (Phi) is 4.49. The second-order valence-corrected chi connectivity index (χ2v) is 4.85. The van der Waals surface area contributed by atoms with Gasteiger partial charge in [-0.3, -0.25) is 0 Å². The van der Waals surface area contributed by atoms with E-state index in [1.54, 1.807) is 0 Å². The molecule has 17 heavy (non-hydrogen) atoms. The van der Waals surface area contributed by atoms with E-state index in [0.717, 1.165) is 6.07 Å². The van der Waals surface area contributed by atoms with Gasteiger partial charge in [0, 0.05) is 6.42 Å². The van der Waals surface area contributed by atoms with Crippen LogP contribution in [0.15, 0.2) is 23.1 Å². The molecule has 1 aromatic rings. The van der Waals surface area contributed by atoms with Crippen LogP contribution in [0, 0.1) is 18.2 Å². The second-order valence-electron chi connectivity index (χ2n) is 3.29. The molecule has 2 N–H and O–H groups in total. The predicted octanol–water partition coefficient (Wildman–Crippen LogP) is 1.27. The number of halogens is 1. The summed E-state index contributed by atoms with van der Waals surface area (Å²) in [4.78, 5) is -0.286. The zero-order chi connectivity index (χ0) is 12.9. The molecule has 0 heterocycles. The summed E-state index contributed by atoms with van der Waals surface area (Å²) in [6, 6.07) is 3.24. The van der Waals surface area contributed by atoms with Gasteiger partial charge in [0.15, 0.2) is 11.6 Å². The lowest BCUT2D eigenvalue weighted by Gasteiger charge is -2.07. The third kappa shape index (κ3) is 4.06. The summed E-state index contributed by atoms with van der Waals surface area (Å²) in [6.07, 6.45) is 6.19. The number of unbranched alkanes of at least 4 members (excludes halogenated alkanes) is 1. The van der Waals surface area contributed by atoms with E-state index < -0.39 is 15.8 Å². The molecule has 0 atom stereocenters. The first kappa shape index (κ1) is 13.5. The van der Waals surface area contributed by atoms with Crippen molar-refractivity contribution >= 4 is 10.0 Å². The molecule has 0 saturated heterocycles. The Morgan fingerprint density at radius 3 is 2.71 bits per heavy atom. The number of hydrogen-bond donors (Lipinski definition) is 1. The molecule has 0 amide bonds. The minimum Gasteiger partial charge on any atom is -0.490 e. The quantitative estimate of drug-likeness (QED) is 0.638. The summed E-state index contributed by atoms with van der Waals surface area (Å²) >= 11 is 0. The maximum atomic E-state index is 13.4. The molecule has 4 nitrogen and oxygen atoms in total. The largest absolute Gasteiger partial charge is 0.490 e. The number of terminal acetylenes is 1. The Balaban J connectivity index is 2.74. The van der Waals surface area contributed by atoms with E-state index >= 15 is 0 Å². The lowest BCUT2D eigenvalue weighted by atomic mass is 10.3. The number of primary sulfonamides is 1. The molecule has 0 fully saturated rings. The molecule has 0 bridgehead atoms. The highest BCUT2D eigenvalue weighted by molar-refractivity contribution is 7.89. The first-order chi connectivity index (χ1) is 7.95. The molecule has 92 valence electrons. The van der Waals surface area contributed by atoms with Crippen molar-refractivity contribution in [2.24, 2.45) is 5.14 Å². The second kappa shape index (κ2) is 5.66. The number of benzene rings is 1. The zero-order valence-electron chi connectivity index (χ0n) is 9.02. The van der Waals surface area contributed by atoms with Gasteiger partial charge in [-0.05, 0) is 24.6 Å². The smallest absolute Gasteiger partial charge is 0.238 e. The fourth-order valence-corrected chi connectivity index (χ4v) is 1.66. The van der Waals surface area contributed by atoms with E-state index in [0.29, 0.717) is 12.8 Å². The standard InChI is InChI=1S/C11H12FNO3S/c1-2-3-4-7-16-11-6-5-9(8-10(11)12)17(13,14)15/h1,5-6,8H,3-4,7H2,(H2,13,14,15). The average Bonchev–Trinajstić information content (AvgIpc) is 2.24. The molecule has 0 aliphatic carbocycles. The molecule has 0 aliphatic rings. The Bertz CT molecular complexity index is 534. The van der Waals surface area contributed by atoms with Gasteiger partial charge >= 0.3 is 0 Å². The van der Waals surface area contributed by atoms with Crippen LogP contribution in [0.4, 0.5) is 4.39 Å². The lowest BCUT2D eigenvalue weighted by molar-refractivity contribution is 0.297. The normalized spacial score (nSPS) is 10.9. The van der Waals surface area contributed by atoms with Crippen molar-refractivity contribution in [1.82, 2.24) is 0 Å². The van der Waals surface area contributed by atoms with Crippen molar-refractivity contribution in [2.45, 2.75) is 17.7 Å². The van der Waals surface area contributed by atoms with Crippen molar-refractivity contribution in [3.63, 3.8) is 0 Å². The van der Waals surface area contributed by atoms with Crippen molar-refractivity contribution in [3.8, 4) is 18.1 Å². The van der Waals surface area contributed by atoms with Crippen LogP contribution in [-0.2, 0) is 10.0 Å². The van der Waals surface area contributed by atoms with Gasteiger partial charge < -0.3 is 4.74 Å². The van der Waals surface area contributed by atoms with Gasteiger partial charge in [-0.1, -0.05) is 0 Å². The summed E-state index contributed by atoms with van der Waals surface area (Å²) in [7, 11) is -3.89. The molecular weight excluding hydrogens is 245 g/mol. The van der Waals surface area contributed by atoms with Gasteiger partial charge in [0.1, 0.15) is 0 Å². The van der Waals surface area contributed by atoms with Crippen LogP contribution in [0.2, 0.25) is 0 Å². The summed E-state index contributed by atoms with van der Waals surface area (Å²) < 4.78 is 40.4. The highest BCUT2D eigenvalue weighted by atomic mass is 32.2. The lowest BCUT2D eigenvalue weighted by Crippen LogP contribution is -2.12. The minimum atomic E-state index is -3.89. The van der Waals surface area contributed by atoms with Gasteiger partial charge in [0.25, 0.3) is 0 Å². The van der Waals surface area contributed by atoms with E-state index in [4.69, 9.17) is 16.3 Å². The first-order valence-corrected chi connectivity index (χ1v) is 6.38. The van der Waals surface area contributed by atoms with Crippen LogP contribution in [0.25, 0.3) is 0 Å². The molecular formula is C11H12FNO3S. The molecule has 0 unspecified atom stereocenters. The fourth-order valence-electron chi connectivity index (χ4n) is 1.13. The maximum Gasteiger partial charge on any atom is 0.238 e. The zero-order valence-corrected chi connectivity index (χ0v) is 9.84. The molecule has 0 aliphatic heterocycles. The predicted molar refractivity (Wildman–Crippen MR) is 61.3 cm³/mol. The number of rotatable bonds is 5. The monoisotopic (exact) mass is 257 g/mol. The fraction of sp³-hybridized carbons (Fsp3) is 0.273. The highest BCUT2D eigenvalue weighted by Crippen LogP contribution is 2.20. The molecule has 1 aromatic carbocycles. The van der Waals surface area contributed by atoms with Gasteiger partial charge in [-0.2, -0.15) is 0 Å². The van der Waals surface area contributed by atoms with Crippen molar-refractivity contribution in [2.75, 3.05) is 6.61 Å². The van der Waals surface area contributed by atoms with Crippen molar-refractivity contribution in [1.29, 1.82) is 0 Å². The Labute approximate surface area is 99.6 Å². The van der Waals surface area contributed by atoms with Crippen LogP contribution in [-0.4, -0.2) is 15.0 Å². The third-order valence-corrected chi connectivity index (χ3v) is 2.87. The summed E-state index contributed by atoms with van der Waals surface area (Å²) in [5.74, 6) is 1.64. The van der Waals surface area contributed by atoms with Crippen LogP contribution < -0.4 is 9.88 Å². The Morgan fingerprint density at radius 1 is 1.47 bits per heavy atom. The number of nitrogens with two attached hydrogens (primary N) is 1. The number of sulfonamides is 1. The number of hydrogen-bond acceptors (Lipinski definition) is 3. The van der Waals surface area contributed by atoms with E-state index in [-0.39, 0.29) is 17.3 Å². The van der Waals surface area contributed by atoms with Crippen LogP contribution in [0.5, 0.6) is 5.75 Å². The van der Waals surface area contributed by atoms with E-state index in [1.807, 2.05) is 0 Å².